The molecule has 1 aliphatic heterocycles. The highest BCUT2D eigenvalue weighted by Gasteiger charge is 2.51. The Balaban J connectivity index is 1.10. The lowest BCUT2D eigenvalue weighted by atomic mass is 9.97. The number of hydrogen-bond acceptors (Lipinski definition) is 4. The van der Waals surface area contributed by atoms with Gasteiger partial charge >= 0.3 is 0 Å². The zero-order valence-corrected chi connectivity index (χ0v) is 32.9. The van der Waals surface area contributed by atoms with Gasteiger partial charge in [0.2, 0.25) is 0 Å². The first-order valence-corrected chi connectivity index (χ1v) is 22.3. The Morgan fingerprint density at radius 3 is 2.10 bits per heavy atom. The van der Waals surface area contributed by atoms with E-state index in [1.807, 2.05) is 67.1 Å². The maximum absolute atomic E-state index is 17.2. The highest BCUT2D eigenvalue weighted by atomic mass is 32.1. The molecule has 0 saturated carbocycles. The van der Waals surface area contributed by atoms with Gasteiger partial charge in [-0.2, -0.15) is 0 Å². The molecule has 12 rings (SSSR count). The van der Waals surface area contributed by atoms with Crippen LogP contribution in [-0.4, -0.2) is 22.4 Å². The van der Waals surface area contributed by atoms with E-state index in [4.69, 9.17) is 9.97 Å². The van der Waals surface area contributed by atoms with Crippen molar-refractivity contribution in [3.05, 3.63) is 206 Å². The van der Waals surface area contributed by atoms with Gasteiger partial charge in [-0.3, -0.25) is 9.30 Å². The molecule has 7 heteroatoms. The van der Waals surface area contributed by atoms with Gasteiger partial charge in [-0.1, -0.05) is 140 Å². The standard InChI is InChI=1S/C51H33FN4SSi/c52-48(34-26-27-38-39-20-7-9-22-42(39)55-29-28-53-50(55)41(38)31-34)33-14-13-15-35(30-33)56-43-23-10-12-25-46(43)58(36-16-3-1-4-17-36,37-18-5-2-6-19-37)49-47-40-21-8-11-24-44(40)57-45(47)32-54-51(49)56/h1-32,48H. The summed E-state index contributed by atoms with van der Waals surface area (Å²) >= 11 is 1.80. The van der Waals surface area contributed by atoms with Gasteiger partial charge in [0, 0.05) is 61.4 Å². The smallest absolute Gasteiger partial charge is 0.187 e. The number of thiophene rings is 1. The Hall–Kier alpha value is -6.93. The quantitative estimate of drug-likeness (QED) is 0.129. The van der Waals surface area contributed by atoms with Crippen molar-refractivity contribution >= 4 is 105 Å². The number of imidazole rings is 1. The van der Waals surface area contributed by atoms with E-state index in [2.05, 4.69) is 137 Å². The van der Waals surface area contributed by atoms with Crippen molar-refractivity contribution < 1.29 is 4.39 Å². The van der Waals surface area contributed by atoms with Gasteiger partial charge in [-0.15, -0.1) is 11.3 Å². The van der Waals surface area contributed by atoms with E-state index in [1.54, 1.807) is 11.3 Å². The molecule has 0 bridgehead atoms. The fourth-order valence-corrected chi connectivity index (χ4v) is 16.1. The van der Waals surface area contributed by atoms with E-state index in [0.29, 0.717) is 11.1 Å². The number of benzene rings is 7. The number of aromatic nitrogens is 3. The monoisotopic (exact) mass is 780 g/mol. The predicted molar refractivity (Wildman–Crippen MR) is 242 cm³/mol. The Labute approximate surface area is 338 Å². The molecule has 0 spiro atoms. The van der Waals surface area contributed by atoms with Gasteiger partial charge in [0.05, 0.1) is 10.2 Å². The van der Waals surface area contributed by atoms with Gasteiger partial charge < -0.3 is 0 Å². The summed E-state index contributed by atoms with van der Waals surface area (Å²) in [7, 11) is -3.03. The summed E-state index contributed by atoms with van der Waals surface area (Å²) in [5, 5.41) is 10.7. The predicted octanol–water partition coefficient (Wildman–Crippen LogP) is 10.6. The zero-order chi connectivity index (χ0) is 38.4. The van der Waals surface area contributed by atoms with Crippen LogP contribution in [-0.2, 0) is 0 Å². The summed E-state index contributed by atoms with van der Waals surface area (Å²) < 4.78 is 21.7. The van der Waals surface area contributed by atoms with Gasteiger partial charge in [-0.05, 0) is 68.5 Å². The van der Waals surface area contributed by atoms with Crippen LogP contribution in [0.2, 0.25) is 0 Å². The number of pyridine rings is 2. The molecule has 4 nitrogen and oxygen atoms in total. The Morgan fingerprint density at radius 1 is 0.569 bits per heavy atom. The minimum atomic E-state index is -3.03. The van der Waals surface area contributed by atoms with E-state index >= 15 is 4.39 Å². The molecule has 7 aromatic carbocycles. The van der Waals surface area contributed by atoms with Crippen molar-refractivity contribution in [2.75, 3.05) is 4.90 Å². The highest BCUT2D eigenvalue weighted by molar-refractivity contribution is 7.28. The van der Waals surface area contributed by atoms with Crippen LogP contribution in [0.1, 0.15) is 17.3 Å². The van der Waals surface area contributed by atoms with Crippen LogP contribution in [0.3, 0.4) is 0 Å². The summed E-state index contributed by atoms with van der Waals surface area (Å²) in [6.45, 7) is 0. The van der Waals surface area contributed by atoms with E-state index in [-0.39, 0.29) is 0 Å². The second-order valence-electron chi connectivity index (χ2n) is 15.0. The van der Waals surface area contributed by atoms with Crippen LogP contribution in [0.15, 0.2) is 195 Å². The summed E-state index contributed by atoms with van der Waals surface area (Å²) in [4.78, 5) is 12.4. The average Bonchev–Trinajstić information content (AvgIpc) is 3.95. The van der Waals surface area contributed by atoms with Gasteiger partial charge in [0.15, 0.2) is 14.2 Å². The summed E-state index contributed by atoms with van der Waals surface area (Å²) in [5.74, 6) is 0.890. The van der Waals surface area contributed by atoms with Crippen molar-refractivity contribution in [2.24, 2.45) is 0 Å². The van der Waals surface area contributed by atoms with E-state index < -0.39 is 14.2 Å². The molecule has 0 radical (unpaired) electrons. The van der Waals surface area contributed by atoms with Crippen LogP contribution in [0.25, 0.3) is 47.5 Å². The SMILES string of the molecule is FC(c1cccc(N2c3ccccc3[Si](c3ccccc3)(c3ccccc3)c3c2ncc2sc4ccccc4c32)c1)c1ccc2c3ccccc3n3ccnc3c2c1. The van der Waals surface area contributed by atoms with Crippen molar-refractivity contribution in [1.29, 1.82) is 0 Å². The van der Waals surface area contributed by atoms with Crippen molar-refractivity contribution in [3.63, 3.8) is 0 Å². The molecule has 5 heterocycles. The van der Waals surface area contributed by atoms with Crippen LogP contribution in [0.4, 0.5) is 21.6 Å². The van der Waals surface area contributed by atoms with Crippen molar-refractivity contribution in [2.45, 2.75) is 6.17 Å². The first kappa shape index (κ1) is 33.2. The maximum Gasteiger partial charge on any atom is 0.187 e. The Bertz CT molecular complexity index is 3360. The second kappa shape index (κ2) is 12.8. The third-order valence-electron chi connectivity index (χ3n) is 12.0. The average molecular weight is 781 g/mol. The van der Waals surface area contributed by atoms with Crippen molar-refractivity contribution in [3.8, 4) is 0 Å². The first-order chi connectivity index (χ1) is 28.7. The Kier molecular flexibility index (Phi) is 7.33. The molecule has 1 aliphatic rings. The first-order valence-electron chi connectivity index (χ1n) is 19.5. The minimum absolute atomic E-state index is 0.582. The fraction of sp³-hybridized carbons (Fsp3) is 0.0196. The molecule has 4 aromatic heterocycles. The number of halogens is 1. The van der Waals surface area contributed by atoms with Crippen molar-refractivity contribution in [1.82, 2.24) is 14.4 Å². The molecular formula is C51H33FN4SSi. The molecule has 1 atom stereocenters. The lowest BCUT2D eigenvalue weighted by Gasteiger charge is -2.44. The van der Waals surface area contributed by atoms with Gasteiger partial charge in [-0.25, -0.2) is 14.4 Å². The molecule has 0 fully saturated rings. The summed E-state index contributed by atoms with van der Waals surface area (Å²) in [6, 6.07) is 61.9. The van der Waals surface area contributed by atoms with Crippen LogP contribution in [0, 0.1) is 0 Å². The normalized spacial score (nSPS) is 14.0. The number of fused-ring (bicyclic) bond motifs is 12. The lowest BCUT2D eigenvalue weighted by Crippen LogP contribution is -2.77. The summed E-state index contributed by atoms with van der Waals surface area (Å²) in [6.07, 6.45) is 4.46. The molecule has 1 unspecified atom stereocenters. The molecule has 58 heavy (non-hydrogen) atoms. The minimum Gasteiger partial charge on any atom is -0.299 e. The highest BCUT2D eigenvalue weighted by Crippen LogP contribution is 2.43. The van der Waals surface area contributed by atoms with Gasteiger partial charge in [0.25, 0.3) is 0 Å². The third kappa shape index (κ3) is 4.65. The summed E-state index contributed by atoms with van der Waals surface area (Å²) in [5.41, 5.74) is 5.00. The molecule has 0 amide bonds. The molecule has 0 N–H and O–H groups in total. The van der Waals surface area contributed by atoms with Crippen LogP contribution >= 0.6 is 11.3 Å². The van der Waals surface area contributed by atoms with E-state index in [9.17, 15) is 0 Å². The molecule has 274 valence electrons. The van der Waals surface area contributed by atoms with E-state index in [1.165, 1.54) is 36.2 Å². The molecular weight excluding hydrogens is 748 g/mol. The molecule has 0 aliphatic carbocycles. The zero-order valence-electron chi connectivity index (χ0n) is 31.1. The topological polar surface area (TPSA) is 33.4 Å². The number of anilines is 3. The van der Waals surface area contributed by atoms with Gasteiger partial charge in [0.1, 0.15) is 11.5 Å². The second-order valence-corrected chi connectivity index (χ2v) is 19.8. The maximum atomic E-state index is 17.2. The number of rotatable bonds is 5. The fourth-order valence-electron chi connectivity index (χ4n) is 9.63. The molecule has 0 saturated heterocycles. The third-order valence-corrected chi connectivity index (χ3v) is 18.0. The lowest BCUT2D eigenvalue weighted by molar-refractivity contribution is 0.402. The number of hydrogen-bond donors (Lipinski definition) is 0. The number of alkyl halides is 1. The number of nitrogens with zero attached hydrogens (tertiary/aromatic N) is 4. The number of para-hydroxylation sites is 2. The molecule has 11 aromatic rings. The van der Waals surface area contributed by atoms with Crippen LogP contribution in [0.5, 0.6) is 0 Å². The van der Waals surface area contributed by atoms with E-state index in [0.717, 1.165) is 49.2 Å². The largest absolute Gasteiger partial charge is 0.299 e. The van der Waals surface area contributed by atoms with Crippen LogP contribution < -0.4 is 25.6 Å². The Morgan fingerprint density at radius 2 is 1.28 bits per heavy atom.